The summed E-state index contributed by atoms with van der Waals surface area (Å²) < 4.78 is 5.95. The van der Waals surface area contributed by atoms with Gasteiger partial charge in [0.2, 0.25) is 5.91 Å². The second-order valence-corrected chi connectivity index (χ2v) is 7.99. The van der Waals surface area contributed by atoms with Crippen molar-refractivity contribution in [1.29, 1.82) is 0 Å². The highest BCUT2D eigenvalue weighted by Gasteiger charge is 2.44. The van der Waals surface area contributed by atoms with E-state index >= 15 is 0 Å². The monoisotopic (exact) mass is 355 g/mol. The first-order valence-electron chi connectivity index (χ1n) is 9.35. The van der Waals surface area contributed by atoms with E-state index in [4.69, 9.17) is 4.74 Å². The van der Waals surface area contributed by atoms with Crippen molar-refractivity contribution in [2.24, 2.45) is 0 Å². The molecule has 0 radical (unpaired) electrons. The summed E-state index contributed by atoms with van der Waals surface area (Å²) in [7, 11) is 0. The van der Waals surface area contributed by atoms with Gasteiger partial charge in [-0.05, 0) is 50.8 Å². The highest BCUT2D eigenvalue weighted by atomic mass is 16.5. The zero-order chi connectivity index (χ0) is 18.6. The molecule has 1 aromatic heterocycles. The second kappa shape index (κ2) is 7.62. The molecular weight excluding hydrogens is 326 g/mol. The van der Waals surface area contributed by atoms with Crippen LogP contribution in [0.2, 0.25) is 0 Å². The van der Waals surface area contributed by atoms with Crippen LogP contribution in [0, 0.1) is 6.92 Å². The Bertz CT molecular complexity index is 739. The van der Waals surface area contributed by atoms with Crippen LogP contribution in [-0.2, 0) is 21.4 Å². The fraction of sp³-hybridized carbons (Fsp3) is 0.524. The average molecular weight is 355 g/mol. The van der Waals surface area contributed by atoms with Crippen molar-refractivity contribution in [3.8, 4) is 0 Å². The minimum atomic E-state index is -0.225. The number of aromatic nitrogens is 2. The molecule has 1 saturated heterocycles. The van der Waals surface area contributed by atoms with E-state index in [1.165, 1.54) is 11.1 Å². The smallest absolute Gasteiger partial charge is 0.220 e. The molecule has 1 atom stereocenters. The highest BCUT2D eigenvalue weighted by Crippen LogP contribution is 2.45. The molecule has 0 saturated carbocycles. The summed E-state index contributed by atoms with van der Waals surface area (Å²) in [5, 5.41) is 9.95. The van der Waals surface area contributed by atoms with Gasteiger partial charge in [-0.25, -0.2) is 0 Å². The van der Waals surface area contributed by atoms with Crippen LogP contribution in [0.1, 0.15) is 49.9 Å². The Balaban J connectivity index is 1.73. The lowest BCUT2D eigenvalue weighted by atomic mass is 9.66. The maximum Gasteiger partial charge on any atom is 0.220 e. The van der Waals surface area contributed by atoms with Crippen molar-refractivity contribution >= 4 is 5.91 Å². The molecule has 1 aromatic carbocycles. The van der Waals surface area contributed by atoms with Crippen LogP contribution >= 0.6 is 0 Å². The number of benzene rings is 1. The molecule has 2 N–H and O–H groups in total. The van der Waals surface area contributed by atoms with Gasteiger partial charge in [-0.2, -0.15) is 5.10 Å². The Labute approximate surface area is 155 Å². The predicted octanol–water partition coefficient (Wildman–Crippen LogP) is 3.29. The molecule has 1 amide bonds. The van der Waals surface area contributed by atoms with Crippen LogP contribution in [0.4, 0.5) is 0 Å². The molecule has 5 nitrogen and oxygen atoms in total. The molecule has 5 heteroatoms. The van der Waals surface area contributed by atoms with Gasteiger partial charge in [0.25, 0.3) is 0 Å². The van der Waals surface area contributed by atoms with Crippen LogP contribution in [0.5, 0.6) is 0 Å². The SMILES string of the molecule is Cc1ccccc1[C@@]1(CC(=O)NCCc2ccn[nH]2)CCOC(C)(C)C1. The summed E-state index contributed by atoms with van der Waals surface area (Å²) in [6.45, 7) is 7.67. The van der Waals surface area contributed by atoms with Crippen LogP contribution < -0.4 is 5.32 Å². The molecular formula is C21H29N3O2. The van der Waals surface area contributed by atoms with Gasteiger partial charge in [0, 0.05) is 43.3 Å². The number of ether oxygens (including phenoxy) is 1. The van der Waals surface area contributed by atoms with Gasteiger partial charge >= 0.3 is 0 Å². The van der Waals surface area contributed by atoms with Gasteiger partial charge < -0.3 is 10.1 Å². The second-order valence-electron chi connectivity index (χ2n) is 7.99. The third-order valence-electron chi connectivity index (χ3n) is 5.33. The standard InChI is InChI=1S/C21H29N3O2/c1-16-6-4-5-7-18(16)21(10-13-26-20(2,3)15-21)14-19(25)22-11-8-17-9-12-23-24-17/h4-7,9,12H,8,10-11,13-15H2,1-3H3,(H,22,25)(H,23,24)/t21-/m1/s1. The quantitative estimate of drug-likeness (QED) is 0.835. The maximum absolute atomic E-state index is 12.8. The molecule has 140 valence electrons. The molecule has 3 rings (SSSR count). The van der Waals surface area contributed by atoms with Crippen LogP contribution in [0.3, 0.4) is 0 Å². The highest BCUT2D eigenvalue weighted by molar-refractivity contribution is 5.77. The first kappa shape index (κ1) is 18.6. The zero-order valence-corrected chi connectivity index (χ0v) is 16.0. The predicted molar refractivity (Wildman–Crippen MR) is 102 cm³/mol. The molecule has 26 heavy (non-hydrogen) atoms. The van der Waals surface area contributed by atoms with E-state index in [9.17, 15) is 4.79 Å². The topological polar surface area (TPSA) is 67.0 Å². The molecule has 1 fully saturated rings. The van der Waals surface area contributed by atoms with E-state index in [0.29, 0.717) is 19.6 Å². The molecule has 2 heterocycles. The van der Waals surface area contributed by atoms with E-state index in [0.717, 1.165) is 25.0 Å². The number of carbonyl (C=O) groups is 1. The van der Waals surface area contributed by atoms with Crippen molar-refractivity contribution in [3.05, 3.63) is 53.3 Å². The van der Waals surface area contributed by atoms with Gasteiger partial charge in [0.15, 0.2) is 0 Å². The minimum Gasteiger partial charge on any atom is -0.376 e. The first-order valence-corrected chi connectivity index (χ1v) is 9.35. The molecule has 1 aliphatic rings. The van der Waals surface area contributed by atoms with Gasteiger partial charge in [-0.15, -0.1) is 0 Å². The maximum atomic E-state index is 12.8. The number of aromatic amines is 1. The molecule has 2 aromatic rings. The van der Waals surface area contributed by atoms with Crippen molar-refractivity contribution in [1.82, 2.24) is 15.5 Å². The number of nitrogens with one attached hydrogen (secondary N) is 2. The third-order valence-corrected chi connectivity index (χ3v) is 5.33. The van der Waals surface area contributed by atoms with E-state index in [-0.39, 0.29) is 16.9 Å². The van der Waals surface area contributed by atoms with Crippen LogP contribution in [0.25, 0.3) is 0 Å². The van der Waals surface area contributed by atoms with Gasteiger partial charge in [0.1, 0.15) is 0 Å². The Morgan fingerprint density at radius 2 is 2.12 bits per heavy atom. The fourth-order valence-corrected chi connectivity index (χ4v) is 4.25. The fourth-order valence-electron chi connectivity index (χ4n) is 4.25. The van der Waals surface area contributed by atoms with E-state index in [2.05, 4.69) is 60.6 Å². The van der Waals surface area contributed by atoms with Gasteiger partial charge in [-0.3, -0.25) is 9.89 Å². The Kier molecular flexibility index (Phi) is 5.47. The first-order chi connectivity index (χ1) is 12.4. The summed E-state index contributed by atoms with van der Waals surface area (Å²) in [4.78, 5) is 12.8. The van der Waals surface area contributed by atoms with E-state index in [1.807, 2.05) is 6.07 Å². The Hall–Kier alpha value is -2.14. The number of H-pyrrole nitrogens is 1. The largest absolute Gasteiger partial charge is 0.376 e. The number of hydrogen-bond acceptors (Lipinski definition) is 3. The number of hydrogen-bond donors (Lipinski definition) is 2. The molecule has 0 aliphatic carbocycles. The zero-order valence-electron chi connectivity index (χ0n) is 16.0. The van der Waals surface area contributed by atoms with E-state index in [1.54, 1.807) is 6.20 Å². The molecule has 0 unspecified atom stereocenters. The summed E-state index contributed by atoms with van der Waals surface area (Å²) in [5.74, 6) is 0.102. The molecule has 0 bridgehead atoms. The van der Waals surface area contributed by atoms with Crippen LogP contribution in [0.15, 0.2) is 36.5 Å². The number of aryl methyl sites for hydroxylation is 1. The van der Waals surface area contributed by atoms with Crippen molar-refractivity contribution in [3.63, 3.8) is 0 Å². The van der Waals surface area contributed by atoms with E-state index < -0.39 is 0 Å². The molecule has 1 aliphatic heterocycles. The number of nitrogens with zero attached hydrogens (tertiary/aromatic N) is 1. The van der Waals surface area contributed by atoms with Crippen LogP contribution in [-0.4, -0.2) is 34.9 Å². The van der Waals surface area contributed by atoms with Gasteiger partial charge in [0.05, 0.1) is 5.60 Å². The third kappa shape index (κ3) is 4.33. The molecule has 0 spiro atoms. The normalized spacial score (nSPS) is 22.1. The Morgan fingerprint density at radius 1 is 1.31 bits per heavy atom. The summed E-state index contributed by atoms with van der Waals surface area (Å²) in [5.41, 5.74) is 3.16. The average Bonchev–Trinajstić information content (AvgIpc) is 3.07. The van der Waals surface area contributed by atoms with Gasteiger partial charge in [-0.1, -0.05) is 24.3 Å². The van der Waals surface area contributed by atoms with Crippen molar-refractivity contribution in [2.75, 3.05) is 13.2 Å². The van der Waals surface area contributed by atoms with Crippen molar-refractivity contribution in [2.45, 2.75) is 57.5 Å². The lowest BCUT2D eigenvalue weighted by Crippen LogP contribution is -2.47. The summed E-state index contributed by atoms with van der Waals surface area (Å²) >= 11 is 0. The number of carbonyl (C=O) groups excluding carboxylic acids is 1. The summed E-state index contributed by atoms with van der Waals surface area (Å²) in [6, 6.07) is 10.4. The summed E-state index contributed by atoms with van der Waals surface area (Å²) in [6.07, 6.45) is 4.70. The lowest BCUT2D eigenvalue weighted by Gasteiger charge is -2.45. The van der Waals surface area contributed by atoms with Crippen molar-refractivity contribution < 1.29 is 9.53 Å². The lowest BCUT2D eigenvalue weighted by molar-refractivity contribution is -0.126. The number of amides is 1. The minimum absolute atomic E-state index is 0.102. The number of rotatable bonds is 6. The Morgan fingerprint density at radius 3 is 2.81 bits per heavy atom.